The van der Waals surface area contributed by atoms with Crippen LogP contribution < -0.4 is 10.6 Å². The molecule has 10 heteroatoms. The van der Waals surface area contributed by atoms with E-state index in [1.165, 1.54) is 10.9 Å². The van der Waals surface area contributed by atoms with Crippen molar-refractivity contribution in [2.24, 2.45) is 0 Å². The van der Waals surface area contributed by atoms with Crippen molar-refractivity contribution in [1.29, 1.82) is 0 Å². The number of rotatable bonds is 6. The molecule has 2 aromatic carbocycles. The van der Waals surface area contributed by atoms with E-state index in [-0.39, 0.29) is 17.3 Å². The molecule has 0 saturated heterocycles. The molecule has 0 saturated carbocycles. The van der Waals surface area contributed by atoms with Crippen molar-refractivity contribution in [2.45, 2.75) is 6.42 Å². The topological polar surface area (TPSA) is 139 Å². The monoisotopic (exact) mass is 433 g/mol. The number of nitrogens with zero attached hydrogens (tertiary/aromatic N) is 3. The minimum absolute atomic E-state index is 0.00788. The van der Waals surface area contributed by atoms with E-state index in [4.69, 9.17) is 5.11 Å². The largest absolute Gasteiger partial charge is 0.398 e. The molecule has 1 aliphatic heterocycles. The Morgan fingerprint density at radius 1 is 1.28 bits per heavy atom. The molecule has 2 heterocycles. The summed E-state index contributed by atoms with van der Waals surface area (Å²) in [5.74, 6) is -1.02. The fourth-order valence-corrected chi connectivity index (χ4v) is 3.45. The second kappa shape index (κ2) is 8.44. The number of aromatic nitrogens is 2. The first-order valence-corrected chi connectivity index (χ1v) is 9.73. The maximum atomic E-state index is 12.0. The number of anilines is 1. The number of aliphatic hydroxyl groups is 1. The van der Waals surface area contributed by atoms with E-state index < -0.39 is 17.4 Å². The molecular weight excluding hydrogens is 414 g/mol. The summed E-state index contributed by atoms with van der Waals surface area (Å²) in [7, 11) is 0. The Balaban J connectivity index is 1.71. The van der Waals surface area contributed by atoms with Crippen LogP contribution in [-0.4, -0.2) is 44.8 Å². The van der Waals surface area contributed by atoms with Crippen molar-refractivity contribution in [3.63, 3.8) is 0 Å². The molecule has 0 bridgehead atoms. The van der Waals surface area contributed by atoms with Gasteiger partial charge in [0.1, 0.15) is 5.56 Å². The summed E-state index contributed by atoms with van der Waals surface area (Å²) in [5, 5.41) is 30.2. The van der Waals surface area contributed by atoms with Crippen molar-refractivity contribution in [3.8, 4) is 16.8 Å². The number of fused-ring (bicyclic) bond motifs is 1. The van der Waals surface area contributed by atoms with Gasteiger partial charge in [0.2, 0.25) is 0 Å². The molecule has 0 aliphatic carbocycles. The highest BCUT2D eigenvalue weighted by Gasteiger charge is 2.25. The zero-order chi connectivity index (χ0) is 22.8. The van der Waals surface area contributed by atoms with Gasteiger partial charge in [0.15, 0.2) is 0 Å². The zero-order valence-electron chi connectivity index (χ0n) is 16.9. The summed E-state index contributed by atoms with van der Waals surface area (Å²) in [6.45, 7) is 3.52. The minimum atomic E-state index is -0.561. The van der Waals surface area contributed by atoms with Crippen LogP contribution >= 0.6 is 0 Å². The smallest absolute Gasteiger partial charge is 0.391 e. The predicted octanol–water partition coefficient (Wildman–Crippen LogP) is 2.22. The molecule has 162 valence electrons. The highest BCUT2D eigenvalue weighted by molar-refractivity contribution is 6.03. The van der Waals surface area contributed by atoms with Gasteiger partial charge in [-0.2, -0.15) is 0 Å². The summed E-state index contributed by atoms with van der Waals surface area (Å²) < 4.78 is 1.36. The van der Waals surface area contributed by atoms with E-state index in [0.717, 1.165) is 5.56 Å². The number of hydrogen-bond acceptors (Lipinski definition) is 6. The van der Waals surface area contributed by atoms with Crippen molar-refractivity contribution < 1.29 is 19.6 Å². The molecule has 3 N–H and O–H groups in total. The Bertz CT molecular complexity index is 1260. The fraction of sp³-hybridized carbons (Fsp3) is 0.136. The number of nitrogens with one attached hydrogen (secondary N) is 2. The Morgan fingerprint density at radius 2 is 2.09 bits per heavy atom. The molecule has 4 rings (SSSR count). The SMILES string of the molecule is C=C(CO)C(=O)Nc1cccc(-n2cc(-c3ccc4c(c3)CCNC4=O)c([N+](=O)[O-])n2)c1. The van der Waals surface area contributed by atoms with Crippen molar-refractivity contribution in [3.05, 3.63) is 82.1 Å². The molecular formula is C22H19N5O5. The Kier molecular flexibility index (Phi) is 5.52. The standard InChI is InChI=1S/C22H19N5O5/c1-13(12-28)21(29)24-16-3-2-4-17(10-16)26-11-19(20(25-26)27(31)32)14-5-6-18-15(9-14)7-8-23-22(18)30/h2-6,9-11,28H,1,7-8,12H2,(H,23,30)(H,24,29). The first-order chi connectivity index (χ1) is 15.4. The molecule has 0 fully saturated rings. The van der Waals surface area contributed by atoms with E-state index in [0.29, 0.717) is 41.0 Å². The number of benzene rings is 2. The third kappa shape index (κ3) is 3.98. The minimum Gasteiger partial charge on any atom is -0.391 e. The first-order valence-electron chi connectivity index (χ1n) is 9.73. The van der Waals surface area contributed by atoms with Crippen LogP contribution in [0, 0.1) is 10.1 Å². The summed E-state index contributed by atoms with van der Waals surface area (Å²) in [6.07, 6.45) is 2.17. The average Bonchev–Trinajstić information content (AvgIpc) is 3.24. The summed E-state index contributed by atoms with van der Waals surface area (Å²) >= 11 is 0. The molecule has 0 atom stereocenters. The van der Waals surface area contributed by atoms with Gasteiger partial charge in [-0.1, -0.05) is 18.7 Å². The van der Waals surface area contributed by atoms with Gasteiger partial charge in [0.05, 0.1) is 23.6 Å². The number of amides is 2. The second-order valence-corrected chi connectivity index (χ2v) is 7.21. The van der Waals surface area contributed by atoms with Crippen LogP contribution in [0.1, 0.15) is 15.9 Å². The maximum Gasteiger partial charge on any atom is 0.398 e. The van der Waals surface area contributed by atoms with Gasteiger partial charge in [0, 0.05) is 23.4 Å². The van der Waals surface area contributed by atoms with Crippen LogP contribution in [0.5, 0.6) is 0 Å². The number of carbonyl (C=O) groups is 2. The summed E-state index contributed by atoms with van der Waals surface area (Å²) in [6, 6.07) is 11.7. The van der Waals surface area contributed by atoms with Gasteiger partial charge in [-0.3, -0.25) is 9.59 Å². The van der Waals surface area contributed by atoms with Gasteiger partial charge in [-0.15, -0.1) is 4.68 Å². The predicted molar refractivity (Wildman–Crippen MR) is 117 cm³/mol. The second-order valence-electron chi connectivity index (χ2n) is 7.21. The third-order valence-electron chi connectivity index (χ3n) is 5.09. The van der Waals surface area contributed by atoms with E-state index in [1.54, 1.807) is 42.5 Å². The van der Waals surface area contributed by atoms with Crippen LogP contribution in [0.3, 0.4) is 0 Å². The Labute approximate surface area is 182 Å². The van der Waals surface area contributed by atoms with Gasteiger partial charge in [-0.25, -0.2) is 0 Å². The van der Waals surface area contributed by atoms with Crippen molar-refractivity contribution >= 4 is 23.3 Å². The lowest BCUT2D eigenvalue weighted by molar-refractivity contribution is -0.389. The number of aliphatic hydroxyl groups excluding tert-OH is 1. The lowest BCUT2D eigenvalue weighted by Gasteiger charge is -2.16. The van der Waals surface area contributed by atoms with Gasteiger partial charge < -0.3 is 25.9 Å². The molecule has 1 aliphatic rings. The molecule has 0 radical (unpaired) electrons. The quantitative estimate of drug-likeness (QED) is 0.309. The van der Waals surface area contributed by atoms with E-state index in [9.17, 15) is 19.7 Å². The Morgan fingerprint density at radius 3 is 2.84 bits per heavy atom. The molecule has 32 heavy (non-hydrogen) atoms. The van der Waals surface area contributed by atoms with Crippen LogP contribution in [0.4, 0.5) is 11.5 Å². The summed E-state index contributed by atoms with van der Waals surface area (Å²) in [5.41, 5.74) is 3.19. The van der Waals surface area contributed by atoms with Crippen LogP contribution in [0.2, 0.25) is 0 Å². The van der Waals surface area contributed by atoms with Crippen LogP contribution in [0.15, 0.2) is 60.8 Å². The molecule has 0 spiro atoms. The van der Waals surface area contributed by atoms with Gasteiger partial charge in [0.25, 0.3) is 11.8 Å². The lowest BCUT2D eigenvalue weighted by Crippen LogP contribution is -2.31. The molecule has 0 unspecified atom stereocenters. The maximum absolute atomic E-state index is 12.0. The average molecular weight is 433 g/mol. The Hall–Kier alpha value is -4.31. The number of carbonyl (C=O) groups excluding carboxylic acids is 2. The molecule has 1 aromatic heterocycles. The molecule has 3 aromatic rings. The zero-order valence-corrected chi connectivity index (χ0v) is 16.9. The fourth-order valence-electron chi connectivity index (χ4n) is 3.45. The van der Waals surface area contributed by atoms with E-state index in [2.05, 4.69) is 22.3 Å². The normalized spacial score (nSPS) is 12.6. The van der Waals surface area contributed by atoms with Crippen LogP contribution in [-0.2, 0) is 11.2 Å². The number of hydrogen-bond donors (Lipinski definition) is 3. The summed E-state index contributed by atoms with van der Waals surface area (Å²) in [4.78, 5) is 35.1. The van der Waals surface area contributed by atoms with Crippen molar-refractivity contribution in [2.75, 3.05) is 18.5 Å². The first kappa shape index (κ1) is 20.9. The number of nitro groups is 1. The molecule has 2 amide bonds. The highest BCUT2D eigenvalue weighted by atomic mass is 16.6. The van der Waals surface area contributed by atoms with E-state index in [1.807, 2.05) is 0 Å². The van der Waals surface area contributed by atoms with Crippen LogP contribution in [0.25, 0.3) is 16.8 Å². The van der Waals surface area contributed by atoms with Gasteiger partial charge in [-0.05, 0) is 52.8 Å². The van der Waals surface area contributed by atoms with Gasteiger partial charge >= 0.3 is 5.82 Å². The lowest BCUT2D eigenvalue weighted by atomic mass is 9.96. The third-order valence-corrected chi connectivity index (χ3v) is 5.09. The van der Waals surface area contributed by atoms with Crippen molar-refractivity contribution in [1.82, 2.24) is 15.1 Å². The van der Waals surface area contributed by atoms with E-state index >= 15 is 0 Å². The highest BCUT2D eigenvalue weighted by Crippen LogP contribution is 2.32. The molecule has 10 nitrogen and oxygen atoms in total.